The summed E-state index contributed by atoms with van der Waals surface area (Å²) in [6, 6.07) is 37.1. The van der Waals surface area contributed by atoms with Crippen LogP contribution in [0.15, 0.2) is 109 Å². The summed E-state index contributed by atoms with van der Waals surface area (Å²) >= 11 is 0. The van der Waals surface area contributed by atoms with Crippen LogP contribution >= 0.6 is 0 Å². The summed E-state index contributed by atoms with van der Waals surface area (Å²) in [5, 5.41) is 12.6. The number of hydrogen-bond donors (Lipinski definition) is 1. The van der Waals surface area contributed by atoms with E-state index in [2.05, 4.69) is 69.8 Å². The highest BCUT2D eigenvalue weighted by atomic mass is 16.5. The molecule has 184 valence electrons. The molecule has 1 N–H and O–H groups in total. The molecule has 2 aromatic heterocycles. The molecule has 1 atom stereocenters. The Kier molecular flexibility index (Phi) is 6.21. The lowest BCUT2D eigenvalue weighted by Gasteiger charge is -2.18. The number of methoxy groups -OCH3 is 1. The van der Waals surface area contributed by atoms with Crippen molar-refractivity contribution in [2.75, 3.05) is 7.11 Å². The van der Waals surface area contributed by atoms with Crippen molar-refractivity contribution in [3.63, 3.8) is 0 Å². The fourth-order valence-electron chi connectivity index (χ4n) is 5.13. The maximum Gasteiger partial charge on any atom is 0.118 e. The fourth-order valence-corrected chi connectivity index (χ4v) is 5.13. The number of imidazole rings is 1. The zero-order valence-electron chi connectivity index (χ0n) is 20.8. The topological polar surface area (TPSA) is 52.2 Å². The number of aliphatic hydroxyl groups excluding tert-OH is 1. The van der Waals surface area contributed by atoms with Gasteiger partial charge in [0.15, 0.2) is 0 Å². The third kappa shape index (κ3) is 4.61. The van der Waals surface area contributed by atoms with Gasteiger partial charge in [0.25, 0.3) is 0 Å². The molecule has 5 nitrogen and oxygen atoms in total. The highest BCUT2D eigenvalue weighted by Gasteiger charge is 2.18. The van der Waals surface area contributed by atoms with E-state index in [1.54, 1.807) is 7.11 Å². The summed E-state index contributed by atoms with van der Waals surface area (Å²) in [5.41, 5.74) is 6.45. The number of benzene rings is 4. The van der Waals surface area contributed by atoms with Crippen molar-refractivity contribution in [2.24, 2.45) is 0 Å². The lowest BCUT2D eigenvalue weighted by Crippen LogP contribution is -2.23. The standard InChI is InChI=1S/C32H29N3O2/c1-37-27-17-15-24(16-18-27)31-20-25-11-5-7-13-29(25)34(31)21-26(36)22-35-30-14-8-6-12-28(30)33-32(35)19-23-9-3-2-4-10-23/h2-18,20,26,36H,19,21-22H2,1H3/t26-/m1/s1. The van der Waals surface area contributed by atoms with E-state index >= 15 is 0 Å². The Hall–Kier alpha value is -4.35. The van der Waals surface area contributed by atoms with Gasteiger partial charge in [-0.2, -0.15) is 0 Å². The molecule has 0 saturated heterocycles. The number of fused-ring (bicyclic) bond motifs is 2. The third-order valence-corrected chi connectivity index (χ3v) is 6.92. The number of hydrogen-bond acceptors (Lipinski definition) is 3. The van der Waals surface area contributed by atoms with Crippen LogP contribution < -0.4 is 4.74 Å². The van der Waals surface area contributed by atoms with Gasteiger partial charge in [-0.25, -0.2) is 4.98 Å². The summed E-state index contributed by atoms with van der Waals surface area (Å²) in [6.45, 7) is 0.920. The first kappa shape index (κ1) is 23.1. The fraction of sp³-hybridized carbons (Fsp3) is 0.156. The first-order valence-electron chi connectivity index (χ1n) is 12.6. The van der Waals surface area contributed by atoms with Gasteiger partial charge in [0, 0.05) is 23.0 Å². The van der Waals surface area contributed by atoms with Gasteiger partial charge in [0.05, 0.1) is 37.3 Å². The molecule has 0 aliphatic heterocycles. The van der Waals surface area contributed by atoms with E-state index in [0.717, 1.165) is 44.8 Å². The minimum absolute atomic E-state index is 0.456. The van der Waals surface area contributed by atoms with Crippen LogP contribution in [0.1, 0.15) is 11.4 Å². The zero-order valence-corrected chi connectivity index (χ0v) is 20.8. The Labute approximate surface area is 216 Å². The van der Waals surface area contributed by atoms with Gasteiger partial charge in [-0.1, -0.05) is 60.7 Å². The summed E-state index contributed by atoms with van der Waals surface area (Å²) in [4.78, 5) is 4.92. The van der Waals surface area contributed by atoms with E-state index in [9.17, 15) is 5.11 Å². The highest BCUT2D eigenvalue weighted by Crippen LogP contribution is 2.30. The predicted octanol–water partition coefficient (Wildman–Crippen LogP) is 6.32. The van der Waals surface area contributed by atoms with Crippen molar-refractivity contribution in [1.29, 1.82) is 0 Å². The summed E-state index contributed by atoms with van der Waals surface area (Å²) in [7, 11) is 1.67. The lowest BCUT2D eigenvalue weighted by atomic mass is 10.1. The van der Waals surface area contributed by atoms with Gasteiger partial charge in [-0.05, 0) is 59.7 Å². The van der Waals surface area contributed by atoms with Gasteiger partial charge < -0.3 is 19.0 Å². The average molecular weight is 488 g/mol. The maximum atomic E-state index is 11.5. The number of rotatable bonds is 8. The van der Waals surface area contributed by atoms with E-state index in [1.165, 1.54) is 5.56 Å². The Morgan fingerprint density at radius 3 is 2.22 bits per heavy atom. The van der Waals surface area contributed by atoms with E-state index in [-0.39, 0.29) is 0 Å². The number of nitrogens with zero attached hydrogens (tertiary/aromatic N) is 3. The molecule has 0 aliphatic rings. The molecular formula is C32H29N3O2. The molecule has 0 radical (unpaired) electrons. The predicted molar refractivity (Wildman–Crippen MR) is 149 cm³/mol. The van der Waals surface area contributed by atoms with Gasteiger partial charge in [0.2, 0.25) is 0 Å². The SMILES string of the molecule is COc1ccc(-c2cc3ccccc3n2C[C@@H](O)Cn2c(Cc3ccccc3)nc3ccccc32)cc1. The molecule has 4 aromatic carbocycles. The molecule has 37 heavy (non-hydrogen) atoms. The van der Waals surface area contributed by atoms with Crippen LogP contribution in [-0.2, 0) is 19.5 Å². The van der Waals surface area contributed by atoms with Gasteiger partial charge in [-0.15, -0.1) is 0 Å². The Balaban J connectivity index is 1.35. The first-order valence-corrected chi connectivity index (χ1v) is 12.6. The second-order valence-corrected chi connectivity index (χ2v) is 9.37. The summed E-state index contributed by atoms with van der Waals surface area (Å²) in [5.74, 6) is 1.78. The van der Waals surface area contributed by atoms with Crippen molar-refractivity contribution in [3.8, 4) is 17.0 Å². The largest absolute Gasteiger partial charge is 0.497 e. The Bertz CT molecular complexity index is 1650. The normalized spacial score (nSPS) is 12.3. The lowest BCUT2D eigenvalue weighted by molar-refractivity contribution is 0.136. The number of para-hydroxylation sites is 3. The van der Waals surface area contributed by atoms with Crippen molar-refractivity contribution in [1.82, 2.24) is 14.1 Å². The Morgan fingerprint density at radius 2 is 1.43 bits per heavy atom. The van der Waals surface area contributed by atoms with E-state index in [1.807, 2.05) is 48.5 Å². The monoisotopic (exact) mass is 487 g/mol. The molecule has 0 bridgehead atoms. The highest BCUT2D eigenvalue weighted by molar-refractivity contribution is 5.87. The Morgan fingerprint density at radius 1 is 0.757 bits per heavy atom. The van der Waals surface area contributed by atoms with E-state index in [0.29, 0.717) is 19.5 Å². The second-order valence-electron chi connectivity index (χ2n) is 9.37. The molecule has 0 aliphatic carbocycles. The molecule has 0 unspecified atom stereocenters. The molecule has 6 rings (SSSR count). The smallest absolute Gasteiger partial charge is 0.118 e. The average Bonchev–Trinajstić information content (AvgIpc) is 3.47. The minimum Gasteiger partial charge on any atom is -0.497 e. The van der Waals surface area contributed by atoms with Crippen molar-refractivity contribution in [3.05, 3.63) is 121 Å². The number of aromatic nitrogens is 3. The quantitative estimate of drug-likeness (QED) is 0.273. The van der Waals surface area contributed by atoms with Crippen LogP contribution in [0.5, 0.6) is 5.75 Å². The van der Waals surface area contributed by atoms with Crippen LogP contribution in [0.25, 0.3) is 33.2 Å². The van der Waals surface area contributed by atoms with E-state index < -0.39 is 6.10 Å². The van der Waals surface area contributed by atoms with Crippen LogP contribution in [0.4, 0.5) is 0 Å². The number of ether oxygens (including phenoxy) is 1. The van der Waals surface area contributed by atoms with E-state index in [4.69, 9.17) is 9.72 Å². The van der Waals surface area contributed by atoms with Crippen molar-refractivity contribution < 1.29 is 9.84 Å². The summed E-state index contributed by atoms with van der Waals surface area (Å²) in [6.07, 6.45) is 0.103. The van der Waals surface area contributed by atoms with Gasteiger partial charge in [-0.3, -0.25) is 0 Å². The molecule has 5 heteroatoms. The second kappa shape index (κ2) is 9.96. The number of aliphatic hydroxyl groups is 1. The molecule has 2 heterocycles. The van der Waals surface area contributed by atoms with Crippen LogP contribution in [0, 0.1) is 0 Å². The van der Waals surface area contributed by atoms with Gasteiger partial charge >= 0.3 is 0 Å². The molecule has 6 aromatic rings. The molecule has 0 amide bonds. The van der Waals surface area contributed by atoms with Crippen LogP contribution in [0.3, 0.4) is 0 Å². The third-order valence-electron chi connectivity index (χ3n) is 6.92. The molecule has 0 spiro atoms. The van der Waals surface area contributed by atoms with Gasteiger partial charge in [0.1, 0.15) is 11.6 Å². The first-order chi connectivity index (χ1) is 18.2. The van der Waals surface area contributed by atoms with Crippen LogP contribution in [-0.4, -0.2) is 32.4 Å². The van der Waals surface area contributed by atoms with Crippen molar-refractivity contribution in [2.45, 2.75) is 25.6 Å². The molecule has 0 fully saturated rings. The maximum absolute atomic E-state index is 11.5. The summed E-state index contributed by atoms with van der Waals surface area (Å²) < 4.78 is 9.74. The minimum atomic E-state index is -0.611. The molecule has 0 saturated carbocycles. The zero-order chi connectivity index (χ0) is 25.2. The van der Waals surface area contributed by atoms with Crippen molar-refractivity contribution >= 4 is 21.9 Å². The molecular weight excluding hydrogens is 458 g/mol. The van der Waals surface area contributed by atoms with Crippen LogP contribution in [0.2, 0.25) is 0 Å².